The molecule has 0 bridgehead atoms. The molecule has 1 aliphatic heterocycles. The highest BCUT2D eigenvalue weighted by Gasteiger charge is 2.31. The summed E-state index contributed by atoms with van der Waals surface area (Å²) in [7, 11) is -3.79. The van der Waals surface area contributed by atoms with E-state index in [0.29, 0.717) is 18.7 Å². The van der Waals surface area contributed by atoms with Crippen LogP contribution in [0.3, 0.4) is 0 Å². The maximum atomic E-state index is 12.7. The molecule has 0 radical (unpaired) electrons. The van der Waals surface area contributed by atoms with Crippen molar-refractivity contribution >= 4 is 28.3 Å². The normalized spacial score (nSPS) is 17.2. The average molecular weight is 501 g/mol. The summed E-state index contributed by atoms with van der Waals surface area (Å²) in [6.45, 7) is 4.27. The van der Waals surface area contributed by atoms with E-state index in [4.69, 9.17) is 5.14 Å². The van der Waals surface area contributed by atoms with Crippen molar-refractivity contribution in [1.82, 2.24) is 15.3 Å². The Labute approximate surface area is 207 Å². The minimum absolute atomic E-state index is 0. The zero-order valence-corrected chi connectivity index (χ0v) is 20.5. The Kier molecular flexibility index (Phi) is 8.46. The monoisotopic (exact) mass is 500 g/mol. The van der Waals surface area contributed by atoms with Crippen LogP contribution in [0, 0.1) is 0 Å². The second-order valence-corrected chi connectivity index (χ2v) is 9.83. The number of rotatable bonds is 6. The maximum Gasteiger partial charge on any atom is 0.265 e. The van der Waals surface area contributed by atoms with Crippen LogP contribution >= 0.6 is 12.4 Å². The summed E-state index contributed by atoms with van der Waals surface area (Å²) in [4.78, 5) is 15.1. The SMILES string of the molecule is CC1CN(NC(=O)c2ccc(S(N)(=O)=O)cc2)CCN1C(c1ccccc1)c1ccccc1.Cl. The van der Waals surface area contributed by atoms with Gasteiger partial charge >= 0.3 is 0 Å². The number of nitrogens with zero attached hydrogens (tertiary/aromatic N) is 2. The van der Waals surface area contributed by atoms with Crippen LogP contribution in [0.5, 0.6) is 0 Å². The van der Waals surface area contributed by atoms with Crippen LogP contribution in [0.2, 0.25) is 0 Å². The van der Waals surface area contributed by atoms with Gasteiger partial charge in [-0.25, -0.2) is 18.6 Å². The number of amides is 1. The summed E-state index contributed by atoms with van der Waals surface area (Å²) in [5, 5.41) is 7.05. The molecule has 3 N–H and O–H groups in total. The molecular formula is C25H29ClN4O3S. The van der Waals surface area contributed by atoms with E-state index in [2.05, 4.69) is 65.8 Å². The van der Waals surface area contributed by atoms with Gasteiger partial charge in [-0.1, -0.05) is 60.7 Å². The van der Waals surface area contributed by atoms with Crippen LogP contribution in [0.15, 0.2) is 89.8 Å². The third kappa shape index (κ3) is 6.02. The van der Waals surface area contributed by atoms with E-state index < -0.39 is 10.0 Å². The topological polar surface area (TPSA) is 95.7 Å². The predicted octanol–water partition coefficient (Wildman–Crippen LogP) is 3.20. The number of halogens is 1. The standard InChI is InChI=1S/C25H28N4O3S.ClH/c1-19-18-28(27-25(30)22-12-14-23(15-13-22)33(26,31)32)16-17-29(19)24(20-8-4-2-5-9-20)21-10-6-3-7-11-21;/h2-15,19,24H,16-18H2,1H3,(H,27,30)(H2,26,31,32);1H. The third-order valence-corrected chi connectivity index (χ3v) is 6.88. The molecule has 9 heteroatoms. The van der Waals surface area contributed by atoms with Gasteiger partial charge in [0.2, 0.25) is 10.0 Å². The lowest BCUT2D eigenvalue weighted by Crippen LogP contribution is -2.58. The third-order valence-electron chi connectivity index (χ3n) is 5.95. The predicted molar refractivity (Wildman–Crippen MR) is 135 cm³/mol. The first-order valence-electron chi connectivity index (χ1n) is 10.9. The molecule has 0 aromatic heterocycles. The van der Waals surface area contributed by atoms with Crippen molar-refractivity contribution in [3.8, 4) is 0 Å². The van der Waals surface area contributed by atoms with Gasteiger partial charge in [-0.2, -0.15) is 0 Å². The number of sulfonamides is 1. The summed E-state index contributed by atoms with van der Waals surface area (Å²) < 4.78 is 22.8. The Bertz CT molecular complexity index is 1150. The van der Waals surface area contributed by atoms with Crippen LogP contribution in [0.4, 0.5) is 0 Å². The van der Waals surface area contributed by atoms with E-state index in [-0.39, 0.29) is 35.3 Å². The molecule has 3 aromatic carbocycles. The van der Waals surface area contributed by atoms with Gasteiger partial charge in [0.1, 0.15) is 0 Å². The number of primary sulfonamides is 1. The van der Waals surface area contributed by atoms with Crippen LogP contribution in [-0.4, -0.2) is 49.9 Å². The van der Waals surface area contributed by atoms with Gasteiger partial charge in [0.25, 0.3) is 5.91 Å². The number of piperazine rings is 1. The molecular weight excluding hydrogens is 472 g/mol. The van der Waals surface area contributed by atoms with Crippen LogP contribution in [0.1, 0.15) is 34.5 Å². The largest absolute Gasteiger partial charge is 0.287 e. The van der Waals surface area contributed by atoms with Gasteiger partial charge in [-0.15, -0.1) is 12.4 Å². The molecule has 0 spiro atoms. The lowest BCUT2D eigenvalue weighted by Gasteiger charge is -2.44. The van der Waals surface area contributed by atoms with Crippen molar-refractivity contribution in [2.24, 2.45) is 5.14 Å². The van der Waals surface area contributed by atoms with Gasteiger partial charge in [0, 0.05) is 31.2 Å². The zero-order chi connectivity index (χ0) is 23.4. The Morgan fingerprint density at radius 1 is 0.912 bits per heavy atom. The molecule has 3 aromatic rings. The van der Waals surface area contributed by atoms with Crippen molar-refractivity contribution in [3.63, 3.8) is 0 Å². The van der Waals surface area contributed by atoms with Crippen LogP contribution < -0.4 is 10.6 Å². The van der Waals surface area contributed by atoms with E-state index >= 15 is 0 Å². The molecule has 1 saturated heterocycles. The molecule has 1 unspecified atom stereocenters. The lowest BCUT2D eigenvalue weighted by atomic mass is 9.95. The van der Waals surface area contributed by atoms with E-state index in [1.54, 1.807) is 0 Å². The minimum atomic E-state index is -3.79. The highest BCUT2D eigenvalue weighted by molar-refractivity contribution is 7.89. The second-order valence-electron chi connectivity index (χ2n) is 8.27. The first-order valence-corrected chi connectivity index (χ1v) is 12.4. The fourth-order valence-corrected chi connectivity index (χ4v) is 4.82. The first kappa shape index (κ1) is 25.9. The van der Waals surface area contributed by atoms with Crippen molar-refractivity contribution in [2.75, 3.05) is 19.6 Å². The highest BCUT2D eigenvalue weighted by atomic mass is 35.5. The van der Waals surface area contributed by atoms with Gasteiger partial charge in [-0.05, 0) is 42.3 Å². The summed E-state index contributed by atoms with van der Waals surface area (Å²) in [6, 6.07) is 26.9. The summed E-state index contributed by atoms with van der Waals surface area (Å²) in [6.07, 6.45) is 0. The van der Waals surface area contributed by atoms with Crippen LogP contribution in [-0.2, 0) is 10.0 Å². The Morgan fingerprint density at radius 3 is 1.91 bits per heavy atom. The van der Waals surface area contributed by atoms with E-state index in [1.165, 1.54) is 35.4 Å². The maximum absolute atomic E-state index is 12.7. The number of hydrogen-bond acceptors (Lipinski definition) is 5. The number of carbonyl (C=O) groups is 1. The molecule has 180 valence electrons. The Balaban J connectivity index is 0.00000324. The molecule has 1 fully saturated rings. The minimum Gasteiger partial charge on any atom is -0.287 e. The van der Waals surface area contributed by atoms with Crippen molar-refractivity contribution < 1.29 is 13.2 Å². The molecule has 4 rings (SSSR count). The molecule has 0 aliphatic carbocycles. The number of nitrogens with two attached hydrogens (primary N) is 1. The second kappa shape index (κ2) is 11.1. The molecule has 1 heterocycles. The highest BCUT2D eigenvalue weighted by Crippen LogP contribution is 2.31. The van der Waals surface area contributed by atoms with E-state index in [9.17, 15) is 13.2 Å². The fraction of sp³-hybridized carbons (Fsp3) is 0.240. The van der Waals surface area contributed by atoms with Crippen molar-refractivity contribution in [3.05, 3.63) is 102 Å². The molecule has 1 aliphatic rings. The Hall–Kier alpha value is -2.75. The number of hydrazine groups is 1. The molecule has 1 atom stereocenters. The summed E-state index contributed by atoms with van der Waals surface area (Å²) in [5.41, 5.74) is 5.81. The number of benzene rings is 3. The zero-order valence-electron chi connectivity index (χ0n) is 18.9. The van der Waals surface area contributed by atoms with E-state index in [0.717, 1.165) is 6.54 Å². The fourth-order valence-electron chi connectivity index (χ4n) is 4.31. The molecule has 1 amide bonds. The lowest BCUT2D eigenvalue weighted by molar-refractivity contribution is 0.0291. The Morgan fingerprint density at radius 2 is 1.44 bits per heavy atom. The van der Waals surface area contributed by atoms with Crippen molar-refractivity contribution in [1.29, 1.82) is 0 Å². The summed E-state index contributed by atoms with van der Waals surface area (Å²) >= 11 is 0. The summed E-state index contributed by atoms with van der Waals surface area (Å²) in [5.74, 6) is -0.278. The van der Waals surface area contributed by atoms with Crippen LogP contribution in [0.25, 0.3) is 0 Å². The number of hydrogen-bond donors (Lipinski definition) is 2. The molecule has 34 heavy (non-hydrogen) atoms. The first-order chi connectivity index (χ1) is 15.8. The number of carbonyl (C=O) groups excluding carboxylic acids is 1. The van der Waals surface area contributed by atoms with Gasteiger partial charge in [0.05, 0.1) is 10.9 Å². The molecule has 7 nitrogen and oxygen atoms in total. The number of nitrogens with one attached hydrogen (secondary N) is 1. The van der Waals surface area contributed by atoms with Gasteiger partial charge in [-0.3, -0.25) is 15.1 Å². The quantitative estimate of drug-likeness (QED) is 0.542. The average Bonchev–Trinajstić information content (AvgIpc) is 2.81. The van der Waals surface area contributed by atoms with Crippen molar-refractivity contribution in [2.45, 2.75) is 23.9 Å². The molecule has 0 saturated carbocycles. The smallest absolute Gasteiger partial charge is 0.265 e. The van der Waals surface area contributed by atoms with Gasteiger partial charge < -0.3 is 0 Å². The van der Waals surface area contributed by atoms with E-state index in [1.807, 2.05) is 17.1 Å². The van der Waals surface area contributed by atoms with Gasteiger partial charge in [0.15, 0.2) is 0 Å².